The van der Waals surface area contributed by atoms with E-state index in [2.05, 4.69) is 20.3 Å². The van der Waals surface area contributed by atoms with Gasteiger partial charge in [0.2, 0.25) is 15.9 Å². The number of hydrogen-bond donors (Lipinski definition) is 3. The van der Waals surface area contributed by atoms with Gasteiger partial charge in [0.05, 0.1) is 16.0 Å². The van der Waals surface area contributed by atoms with Crippen molar-refractivity contribution >= 4 is 33.6 Å². The molecule has 1 fully saturated rings. The quantitative estimate of drug-likeness (QED) is 0.607. The average Bonchev–Trinajstić information content (AvgIpc) is 2.90. The van der Waals surface area contributed by atoms with Gasteiger partial charge in [-0.25, -0.2) is 22.9 Å². The van der Waals surface area contributed by atoms with Gasteiger partial charge in [0, 0.05) is 12.3 Å². The zero-order chi connectivity index (χ0) is 20.5. The van der Waals surface area contributed by atoms with Crippen molar-refractivity contribution in [1.29, 1.82) is 0 Å². The SMILES string of the molecule is C[C@@H](NS(=O)(=O)c1ccc(Oc2ccc(Cl)cn2)cc1)[C@]1(C)NC(=O)NC1=O. The Kier molecular flexibility index (Phi) is 5.28. The number of nitrogens with one attached hydrogen (secondary N) is 3. The van der Waals surface area contributed by atoms with Crippen molar-refractivity contribution in [1.82, 2.24) is 20.3 Å². The monoisotopic (exact) mass is 424 g/mol. The molecule has 0 saturated carbocycles. The summed E-state index contributed by atoms with van der Waals surface area (Å²) in [5.41, 5.74) is -1.40. The zero-order valence-electron chi connectivity index (χ0n) is 14.9. The number of amides is 3. The summed E-state index contributed by atoms with van der Waals surface area (Å²) in [5.74, 6) is 0.0887. The first-order chi connectivity index (χ1) is 13.1. The summed E-state index contributed by atoms with van der Waals surface area (Å²) in [6.07, 6.45) is 1.43. The minimum atomic E-state index is -3.94. The second kappa shape index (κ2) is 7.38. The van der Waals surface area contributed by atoms with E-state index in [-0.39, 0.29) is 4.90 Å². The highest BCUT2D eigenvalue weighted by Crippen LogP contribution is 2.23. The largest absolute Gasteiger partial charge is 0.439 e. The van der Waals surface area contributed by atoms with Crippen molar-refractivity contribution in [3.63, 3.8) is 0 Å². The molecule has 1 aromatic heterocycles. The first-order valence-electron chi connectivity index (χ1n) is 8.15. The Labute approximate surface area is 166 Å². The number of sulfonamides is 1. The van der Waals surface area contributed by atoms with E-state index >= 15 is 0 Å². The number of hydrogen-bond acceptors (Lipinski definition) is 6. The summed E-state index contributed by atoms with van der Waals surface area (Å²) in [6, 6.07) is 7.30. The number of imide groups is 1. The van der Waals surface area contributed by atoms with Gasteiger partial charge in [0.15, 0.2) is 0 Å². The first kappa shape index (κ1) is 20.1. The van der Waals surface area contributed by atoms with Crippen LogP contribution in [0.25, 0.3) is 0 Å². The standard InChI is InChI=1S/C17H17ClN4O5S/c1-10(17(2)15(23)20-16(24)21-17)22-28(25,26)13-6-4-12(5-7-13)27-14-8-3-11(18)9-19-14/h3-10,22H,1-2H3,(H2,20,21,23,24)/t10-,17+/m1/s1. The maximum atomic E-state index is 12.6. The second-order valence-corrected chi connectivity index (χ2v) is 8.49. The van der Waals surface area contributed by atoms with Crippen molar-refractivity contribution in [2.75, 3.05) is 0 Å². The lowest BCUT2D eigenvalue weighted by molar-refractivity contribution is -0.124. The highest BCUT2D eigenvalue weighted by molar-refractivity contribution is 7.89. The molecule has 0 bridgehead atoms. The van der Waals surface area contributed by atoms with E-state index in [0.717, 1.165) is 0 Å². The summed E-state index contributed by atoms with van der Waals surface area (Å²) < 4.78 is 33.2. The maximum absolute atomic E-state index is 12.6. The fraction of sp³-hybridized carbons (Fsp3) is 0.235. The maximum Gasteiger partial charge on any atom is 0.322 e. The molecule has 3 N–H and O–H groups in total. The topological polar surface area (TPSA) is 126 Å². The minimum Gasteiger partial charge on any atom is -0.439 e. The lowest BCUT2D eigenvalue weighted by Crippen LogP contribution is -2.59. The lowest BCUT2D eigenvalue weighted by atomic mass is 9.95. The van der Waals surface area contributed by atoms with Gasteiger partial charge in [-0.3, -0.25) is 10.1 Å². The summed E-state index contributed by atoms with van der Waals surface area (Å²) >= 11 is 5.76. The van der Waals surface area contributed by atoms with Crippen molar-refractivity contribution in [3.05, 3.63) is 47.6 Å². The van der Waals surface area contributed by atoms with Crippen molar-refractivity contribution in [2.45, 2.75) is 30.3 Å². The van der Waals surface area contributed by atoms with Crippen LogP contribution in [0.2, 0.25) is 5.02 Å². The smallest absolute Gasteiger partial charge is 0.322 e. The number of urea groups is 1. The molecule has 11 heteroatoms. The minimum absolute atomic E-state index is 0.0240. The molecule has 1 aliphatic rings. The number of carbonyl (C=O) groups excluding carboxylic acids is 2. The Morgan fingerprint density at radius 3 is 2.39 bits per heavy atom. The number of benzene rings is 1. The molecule has 2 heterocycles. The summed E-state index contributed by atoms with van der Waals surface area (Å²) in [5, 5.41) is 4.99. The molecule has 2 aromatic rings. The Morgan fingerprint density at radius 2 is 1.86 bits per heavy atom. The molecular weight excluding hydrogens is 408 g/mol. The number of ether oxygens (including phenoxy) is 1. The predicted octanol–water partition coefficient (Wildman–Crippen LogP) is 1.79. The van der Waals surface area contributed by atoms with Gasteiger partial charge in [0.25, 0.3) is 5.91 Å². The molecular formula is C17H17ClN4O5S. The second-order valence-electron chi connectivity index (χ2n) is 6.34. The Balaban J connectivity index is 1.72. The third-order valence-electron chi connectivity index (χ3n) is 4.33. The van der Waals surface area contributed by atoms with Crippen LogP contribution in [-0.4, -0.2) is 36.9 Å². The molecule has 0 radical (unpaired) electrons. The highest BCUT2D eigenvalue weighted by Gasteiger charge is 2.47. The van der Waals surface area contributed by atoms with Crippen molar-refractivity contribution in [2.24, 2.45) is 0 Å². The van der Waals surface area contributed by atoms with Crippen molar-refractivity contribution in [3.8, 4) is 11.6 Å². The normalized spacial score (nSPS) is 20.4. The third-order valence-corrected chi connectivity index (χ3v) is 6.11. The Hall–Kier alpha value is -2.69. The van der Waals surface area contributed by atoms with Crippen LogP contribution in [0, 0.1) is 0 Å². The average molecular weight is 425 g/mol. The van der Waals surface area contributed by atoms with E-state index in [1.807, 2.05) is 0 Å². The van der Waals surface area contributed by atoms with Gasteiger partial charge in [0.1, 0.15) is 11.3 Å². The molecule has 1 aromatic carbocycles. The van der Waals surface area contributed by atoms with E-state index < -0.39 is 33.5 Å². The van der Waals surface area contributed by atoms with Crippen LogP contribution in [0.5, 0.6) is 11.6 Å². The third kappa shape index (κ3) is 4.08. The number of carbonyl (C=O) groups is 2. The van der Waals surface area contributed by atoms with Gasteiger partial charge >= 0.3 is 6.03 Å². The molecule has 148 valence electrons. The Morgan fingerprint density at radius 1 is 1.18 bits per heavy atom. The summed E-state index contributed by atoms with van der Waals surface area (Å²) in [6.45, 7) is 2.93. The summed E-state index contributed by atoms with van der Waals surface area (Å²) in [7, 11) is -3.94. The number of halogens is 1. The van der Waals surface area contributed by atoms with Gasteiger partial charge in [-0.15, -0.1) is 0 Å². The molecule has 3 amide bonds. The van der Waals surface area contributed by atoms with Crippen LogP contribution in [0.4, 0.5) is 4.79 Å². The van der Waals surface area contributed by atoms with Gasteiger partial charge in [-0.2, -0.15) is 0 Å². The van der Waals surface area contributed by atoms with Crippen LogP contribution >= 0.6 is 11.6 Å². The lowest BCUT2D eigenvalue weighted by Gasteiger charge is -2.28. The first-order valence-corrected chi connectivity index (χ1v) is 10.0. The molecule has 28 heavy (non-hydrogen) atoms. The molecule has 0 unspecified atom stereocenters. The van der Waals surface area contributed by atoms with E-state index in [1.54, 1.807) is 12.1 Å². The van der Waals surface area contributed by atoms with Gasteiger partial charge in [-0.1, -0.05) is 11.6 Å². The molecule has 9 nitrogen and oxygen atoms in total. The zero-order valence-corrected chi connectivity index (χ0v) is 16.5. The number of pyridine rings is 1. The molecule has 0 spiro atoms. The number of nitrogens with zero attached hydrogens (tertiary/aromatic N) is 1. The molecule has 1 aliphatic heterocycles. The highest BCUT2D eigenvalue weighted by atomic mass is 35.5. The molecule has 1 saturated heterocycles. The number of rotatable bonds is 6. The molecule has 0 aliphatic carbocycles. The van der Waals surface area contributed by atoms with Crippen LogP contribution in [0.3, 0.4) is 0 Å². The number of aromatic nitrogens is 1. The molecule has 2 atom stereocenters. The Bertz CT molecular complexity index is 1010. The predicted molar refractivity (Wildman–Crippen MR) is 101 cm³/mol. The van der Waals surface area contributed by atoms with Crippen LogP contribution in [0.15, 0.2) is 47.5 Å². The van der Waals surface area contributed by atoms with Gasteiger partial charge < -0.3 is 10.1 Å². The molecule has 3 rings (SSSR count). The van der Waals surface area contributed by atoms with Crippen LogP contribution in [-0.2, 0) is 14.8 Å². The van der Waals surface area contributed by atoms with E-state index in [4.69, 9.17) is 16.3 Å². The van der Waals surface area contributed by atoms with Crippen molar-refractivity contribution < 1.29 is 22.7 Å². The van der Waals surface area contributed by atoms with Gasteiger partial charge in [-0.05, 0) is 44.2 Å². The van der Waals surface area contributed by atoms with E-state index in [1.165, 1.54) is 44.3 Å². The van der Waals surface area contributed by atoms with Crippen LogP contribution < -0.4 is 20.1 Å². The van der Waals surface area contributed by atoms with Crippen LogP contribution in [0.1, 0.15) is 13.8 Å². The summed E-state index contributed by atoms with van der Waals surface area (Å²) in [4.78, 5) is 27.3. The fourth-order valence-electron chi connectivity index (χ4n) is 2.51. The fourth-order valence-corrected chi connectivity index (χ4v) is 3.95. The van der Waals surface area contributed by atoms with E-state index in [0.29, 0.717) is 16.7 Å². The van der Waals surface area contributed by atoms with E-state index in [9.17, 15) is 18.0 Å².